The summed E-state index contributed by atoms with van der Waals surface area (Å²) in [6, 6.07) is 12.7. The highest BCUT2D eigenvalue weighted by atomic mass is 16.5. The Balaban J connectivity index is 1.21. The van der Waals surface area contributed by atoms with Gasteiger partial charge in [0.15, 0.2) is 0 Å². The Hall–Kier alpha value is -3.26. The number of anilines is 1. The van der Waals surface area contributed by atoms with Crippen molar-refractivity contribution in [2.75, 3.05) is 37.6 Å². The van der Waals surface area contributed by atoms with Gasteiger partial charge >= 0.3 is 11.8 Å². The van der Waals surface area contributed by atoms with E-state index in [4.69, 9.17) is 4.52 Å². The van der Waals surface area contributed by atoms with E-state index in [2.05, 4.69) is 68.4 Å². The molecule has 2 aromatic heterocycles. The fraction of sp³-hybridized carbons (Fsp3) is 0.391. The number of aromatic nitrogens is 3. The van der Waals surface area contributed by atoms with Gasteiger partial charge in [-0.1, -0.05) is 17.3 Å². The number of pyridine rings is 1. The maximum atomic E-state index is 12.3. The van der Waals surface area contributed by atoms with Crippen LogP contribution < -0.4 is 10.2 Å². The van der Waals surface area contributed by atoms with Gasteiger partial charge in [-0.05, 0) is 50.1 Å². The highest BCUT2D eigenvalue weighted by molar-refractivity contribution is 5.89. The summed E-state index contributed by atoms with van der Waals surface area (Å²) in [5.74, 6) is -0.0162. The molecular weight excluding hydrogens is 392 g/mol. The first kappa shape index (κ1) is 21.0. The van der Waals surface area contributed by atoms with E-state index in [1.807, 2.05) is 6.07 Å². The summed E-state index contributed by atoms with van der Waals surface area (Å²) in [6.07, 6.45) is 4.16. The van der Waals surface area contributed by atoms with E-state index in [1.54, 1.807) is 18.5 Å². The van der Waals surface area contributed by atoms with E-state index < -0.39 is 0 Å². The number of hydrogen-bond acceptors (Lipinski definition) is 7. The predicted molar refractivity (Wildman–Crippen MR) is 119 cm³/mol. The summed E-state index contributed by atoms with van der Waals surface area (Å²) in [4.78, 5) is 25.4. The predicted octanol–water partition coefficient (Wildman–Crippen LogP) is 2.77. The molecule has 1 amide bonds. The maximum absolute atomic E-state index is 12.3. The summed E-state index contributed by atoms with van der Waals surface area (Å²) >= 11 is 0. The van der Waals surface area contributed by atoms with Crippen molar-refractivity contribution < 1.29 is 9.32 Å². The molecule has 0 radical (unpaired) electrons. The molecule has 31 heavy (non-hydrogen) atoms. The number of amides is 1. The number of carbonyl (C=O) groups is 1. The van der Waals surface area contributed by atoms with Crippen molar-refractivity contribution in [3.05, 3.63) is 60.2 Å². The maximum Gasteiger partial charge on any atom is 0.316 e. The number of rotatable bonds is 7. The van der Waals surface area contributed by atoms with Crippen LogP contribution in [0.1, 0.15) is 29.6 Å². The largest absolute Gasteiger partial charge is 0.369 e. The van der Waals surface area contributed by atoms with Gasteiger partial charge < -0.3 is 14.7 Å². The number of hydrogen-bond donors (Lipinski definition) is 1. The Morgan fingerprint density at radius 2 is 2.16 bits per heavy atom. The number of nitrogens with one attached hydrogen (secondary N) is 1. The van der Waals surface area contributed by atoms with Crippen LogP contribution in [0.5, 0.6) is 0 Å². The molecule has 3 heterocycles. The summed E-state index contributed by atoms with van der Waals surface area (Å²) in [6.45, 7) is 8.93. The van der Waals surface area contributed by atoms with E-state index in [9.17, 15) is 4.79 Å². The van der Waals surface area contributed by atoms with Crippen LogP contribution in [0.3, 0.4) is 0 Å². The first-order chi connectivity index (χ1) is 15.1. The van der Waals surface area contributed by atoms with Gasteiger partial charge in [-0.2, -0.15) is 4.98 Å². The molecule has 0 unspecified atom stereocenters. The Morgan fingerprint density at radius 1 is 1.26 bits per heavy atom. The van der Waals surface area contributed by atoms with Crippen molar-refractivity contribution in [1.82, 2.24) is 25.3 Å². The van der Waals surface area contributed by atoms with Crippen LogP contribution in [0, 0.1) is 6.92 Å². The van der Waals surface area contributed by atoms with E-state index in [-0.39, 0.29) is 11.8 Å². The van der Waals surface area contributed by atoms with Gasteiger partial charge in [-0.25, -0.2) is 0 Å². The molecule has 4 rings (SSSR count). The van der Waals surface area contributed by atoms with Crippen molar-refractivity contribution in [2.45, 2.75) is 26.3 Å². The number of carbonyl (C=O) groups excluding carboxylic acids is 1. The van der Waals surface area contributed by atoms with Crippen molar-refractivity contribution in [3.63, 3.8) is 0 Å². The van der Waals surface area contributed by atoms with Crippen LogP contribution in [0.4, 0.5) is 5.69 Å². The molecule has 8 nitrogen and oxygen atoms in total. The average Bonchev–Trinajstić information content (AvgIpc) is 3.28. The normalized spacial score (nSPS) is 17.0. The van der Waals surface area contributed by atoms with Crippen LogP contribution in [0.25, 0.3) is 11.4 Å². The minimum Gasteiger partial charge on any atom is -0.369 e. The molecule has 0 spiro atoms. The summed E-state index contributed by atoms with van der Waals surface area (Å²) < 4.78 is 5.09. The summed E-state index contributed by atoms with van der Waals surface area (Å²) in [7, 11) is 0. The van der Waals surface area contributed by atoms with Gasteiger partial charge in [0.05, 0.1) is 0 Å². The molecule has 1 N–H and O–H groups in total. The Kier molecular flexibility index (Phi) is 6.57. The highest BCUT2D eigenvalue weighted by Gasteiger charge is 2.23. The second-order valence-corrected chi connectivity index (χ2v) is 7.94. The third-order valence-corrected chi connectivity index (χ3v) is 5.58. The number of nitrogens with zero attached hydrogens (tertiary/aromatic N) is 5. The standard InChI is InChI=1S/C23H28N6O2/c1-17-6-3-8-20(14-17)29-13-12-28(18(2)16-29)11-5-10-25-22(30)23-26-21(27-31-23)19-7-4-9-24-15-19/h3-4,6-9,14-15,18H,5,10-13,16H2,1-2H3,(H,25,30)/t18-/m0/s1. The topological polar surface area (TPSA) is 87.4 Å². The molecule has 1 atom stereocenters. The molecule has 1 saturated heterocycles. The molecule has 1 fully saturated rings. The lowest BCUT2D eigenvalue weighted by Gasteiger charge is -2.41. The second kappa shape index (κ2) is 9.70. The Bertz CT molecular complexity index is 1010. The average molecular weight is 421 g/mol. The third-order valence-electron chi connectivity index (χ3n) is 5.58. The summed E-state index contributed by atoms with van der Waals surface area (Å²) in [5.41, 5.74) is 3.30. The fourth-order valence-corrected chi connectivity index (χ4v) is 3.87. The SMILES string of the molecule is Cc1cccc(N2CCN(CCCNC(=O)c3nc(-c4cccnc4)no3)[C@@H](C)C2)c1. The molecule has 1 aliphatic rings. The zero-order valence-corrected chi connectivity index (χ0v) is 18.0. The van der Waals surface area contributed by atoms with Gasteiger partial charge in [-0.3, -0.25) is 14.7 Å². The first-order valence-electron chi connectivity index (χ1n) is 10.7. The van der Waals surface area contributed by atoms with Crippen LogP contribution in [-0.4, -0.2) is 64.7 Å². The summed E-state index contributed by atoms with van der Waals surface area (Å²) in [5, 5.41) is 6.73. The van der Waals surface area contributed by atoms with Gasteiger partial charge in [0, 0.05) is 62.4 Å². The van der Waals surface area contributed by atoms with E-state index in [0.29, 0.717) is 24.0 Å². The molecule has 0 bridgehead atoms. The van der Waals surface area contributed by atoms with E-state index in [0.717, 1.165) is 32.6 Å². The van der Waals surface area contributed by atoms with Crippen molar-refractivity contribution in [2.24, 2.45) is 0 Å². The molecular formula is C23H28N6O2. The quantitative estimate of drug-likeness (QED) is 0.588. The van der Waals surface area contributed by atoms with Crippen LogP contribution in [0.2, 0.25) is 0 Å². The fourth-order valence-electron chi connectivity index (χ4n) is 3.87. The van der Waals surface area contributed by atoms with Crippen molar-refractivity contribution in [1.29, 1.82) is 0 Å². The number of aryl methyl sites for hydroxylation is 1. The molecule has 1 aromatic carbocycles. The molecule has 1 aliphatic heterocycles. The minimum absolute atomic E-state index is 0.0287. The number of piperazine rings is 1. The smallest absolute Gasteiger partial charge is 0.316 e. The molecule has 8 heteroatoms. The lowest BCUT2D eigenvalue weighted by Crippen LogP contribution is -2.52. The molecule has 162 valence electrons. The zero-order valence-electron chi connectivity index (χ0n) is 18.0. The first-order valence-corrected chi connectivity index (χ1v) is 10.7. The highest BCUT2D eigenvalue weighted by Crippen LogP contribution is 2.20. The third kappa shape index (κ3) is 5.27. The monoisotopic (exact) mass is 420 g/mol. The zero-order chi connectivity index (χ0) is 21.6. The van der Waals surface area contributed by atoms with Crippen LogP contribution in [-0.2, 0) is 0 Å². The van der Waals surface area contributed by atoms with Crippen molar-refractivity contribution in [3.8, 4) is 11.4 Å². The minimum atomic E-state index is -0.347. The van der Waals surface area contributed by atoms with Gasteiger partial charge in [-0.15, -0.1) is 0 Å². The van der Waals surface area contributed by atoms with Gasteiger partial charge in [0.25, 0.3) is 0 Å². The lowest BCUT2D eigenvalue weighted by molar-refractivity contribution is 0.0906. The molecule has 0 aliphatic carbocycles. The Labute approximate surface area is 182 Å². The number of benzene rings is 1. The van der Waals surface area contributed by atoms with Crippen molar-refractivity contribution >= 4 is 11.6 Å². The van der Waals surface area contributed by atoms with Crippen LogP contribution in [0.15, 0.2) is 53.3 Å². The van der Waals surface area contributed by atoms with Gasteiger partial charge in [0.2, 0.25) is 5.82 Å². The van der Waals surface area contributed by atoms with E-state index in [1.165, 1.54) is 11.3 Å². The molecule has 3 aromatic rings. The molecule has 0 saturated carbocycles. The second-order valence-electron chi connectivity index (χ2n) is 7.94. The van der Waals surface area contributed by atoms with Crippen LogP contribution >= 0.6 is 0 Å². The van der Waals surface area contributed by atoms with E-state index >= 15 is 0 Å². The van der Waals surface area contributed by atoms with Gasteiger partial charge in [0.1, 0.15) is 0 Å². The Morgan fingerprint density at radius 3 is 2.94 bits per heavy atom. The lowest BCUT2D eigenvalue weighted by atomic mass is 10.1.